The van der Waals surface area contributed by atoms with Crippen LogP contribution in [-0.4, -0.2) is 42.9 Å². The van der Waals surface area contributed by atoms with Gasteiger partial charge in [0.25, 0.3) is 0 Å². The standard InChI is InChI=1S/C22H32F3N3O2/c1-4-5-18(20(26)29)19(14-15(2)3)21(30)28-12-10-27(11-13-28)17-8-6-16(7-9-17)22(23,24)25/h6-9,15,18-19H,4-5,10-14H2,1-3H3,(H2,26,29)/t18-,19+/m0/s1. The molecule has 1 aromatic carbocycles. The second-order valence-electron chi connectivity index (χ2n) is 8.39. The number of hydrogen-bond acceptors (Lipinski definition) is 3. The molecule has 5 nitrogen and oxygen atoms in total. The Labute approximate surface area is 176 Å². The van der Waals surface area contributed by atoms with Gasteiger partial charge in [-0.1, -0.05) is 27.2 Å². The lowest BCUT2D eigenvalue weighted by atomic mass is 9.81. The van der Waals surface area contributed by atoms with E-state index in [9.17, 15) is 22.8 Å². The summed E-state index contributed by atoms with van der Waals surface area (Å²) in [6, 6.07) is 5.08. The molecule has 0 saturated carbocycles. The lowest BCUT2D eigenvalue weighted by Crippen LogP contribution is -2.52. The van der Waals surface area contributed by atoms with Crippen molar-refractivity contribution in [1.82, 2.24) is 4.90 Å². The highest BCUT2D eigenvalue weighted by atomic mass is 19.4. The number of halogens is 3. The zero-order valence-electron chi connectivity index (χ0n) is 17.9. The molecule has 168 valence electrons. The molecule has 0 bridgehead atoms. The zero-order chi connectivity index (χ0) is 22.5. The second-order valence-corrected chi connectivity index (χ2v) is 8.39. The molecule has 2 rings (SSSR count). The summed E-state index contributed by atoms with van der Waals surface area (Å²) in [7, 11) is 0. The summed E-state index contributed by atoms with van der Waals surface area (Å²) in [5.41, 5.74) is 5.64. The largest absolute Gasteiger partial charge is 0.416 e. The normalized spacial score (nSPS) is 17.2. The summed E-state index contributed by atoms with van der Waals surface area (Å²) in [6.45, 7) is 7.99. The fourth-order valence-electron chi connectivity index (χ4n) is 4.08. The molecule has 1 heterocycles. The van der Waals surface area contributed by atoms with Crippen LogP contribution in [0, 0.1) is 17.8 Å². The van der Waals surface area contributed by atoms with Crippen molar-refractivity contribution in [3.05, 3.63) is 29.8 Å². The van der Waals surface area contributed by atoms with Crippen molar-refractivity contribution in [3.63, 3.8) is 0 Å². The molecule has 0 aromatic heterocycles. The summed E-state index contributed by atoms with van der Waals surface area (Å²) in [5, 5.41) is 0. The molecule has 0 radical (unpaired) electrons. The van der Waals surface area contributed by atoms with Gasteiger partial charge in [0.1, 0.15) is 0 Å². The number of hydrogen-bond donors (Lipinski definition) is 1. The molecule has 8 heteroatoms. The van der Waals surface area contributed by atoms with Crippen molar-refractivity contribution in [1.29, 1.82) is 0 Å². The van der Waals surface area contributed by atoms with Crippen molar-refractivity contribution in [2.45, 2.75) is 46.2 Å². The van der Waals surface area contributed by atoms with Crippen LogP contribution in [0.3, 0.4) is 0 Å². The number of primary amides is 1. The van der Waals surface area contributed by atoms with E-state index in [2.05, 4.69) is 0 Å². The smallest absolute Gasteiger partial charge is 0.369 e. The number of piperazine rings is 1. The third-order valence-corrected chi connectivity index (χ3v) is 5.64. The lowest BCUT2D eigenvalue weighted by Gasteiger charge is -2.39. The summed E-state index contributed by atoms with van der Waals surface area (Å²) >= 11 is 0. The Morgan fingerprint density at radius 1 is 1.03 bits per heavy atom. The predicted molar refractivity (Wildman–Crippen MR) is 111 cm³/mol. The van der Waals surface area contributed by atoms with E-state index in [4.69, 9.17) is 5.73 Å². The van der Waals surface area contributed by atoms with E-state index in [1.54, 1.807) is 4.90 Å². The predicted octanol–water partition coefficient (Wildman–Crippen LogP) is 3.92. The molecule has 1 fully saturated rings. The highest BCUT2D eigenvalue weighted by Crippen LogP contribution is 2.31. The number of nitrogens with zero attached hydrogens (tertiary/aromatic N) is 2. The number of amides is 2. The topological polar surface area (TPSA) is 66.6 Å². The number of anilines is 1. The van der Waals surface area contributed by atoms with Crippen molar-refractivity contribution in [2.75, 3.05) is 31.1 Å². The minimum absolute atomic E-state index is 0.0481. The number of carbonyl (C=O) groups is 2. The summed E-state index contributed by atoms with van der Waals surface area (Å²) in [6.07, 6.45) is -2.39. The summed E-state index contributed by atoms with van der Waals surface area (Å²) in [5.74, 6) is -1.13. The van der Waals surface area contributed by atoms with E-state index in [0.29, 0.717) is 44.7 Å². The summed E-state index contributed by atoms with van der Waals surface area (Å²) in [4.78, 5) is 29.0. The molecular formula is C22H32F3N3O2. The van der Waals surface area contributed by atoms with Crippen LogP contribution >= 0.6 is 0 Å². The molecule has 1 aliphatic rings. The Morgan fingerprint density at radius 2 is 1.60 bits per heavy atom. The Bertz CT molecular complexity index is 711. The number of nitrogens with two attached hydrogens (primary N) is 1. The molecule has 2 N–H and O–H groups in total. The minimum Gasteiger partial charge on any atom is -0.369 e. The molecule has 0 aliphatic carbocycles. The third-order valence-electron chi connectivity index (χ3n) is 5.64. The Morgan fingerprint density at radius 3 is 2.03 bits per heavy atom. The number of benzene rings is 1. The maximum atomic E-state index is 13.2. The van der Waals surface area contributed by atoms with E-state index in [1.165, 1.54) is 12.1 Å². The Kier molecular flexibility index (Phi) is 8.15. The van der Waals surface area contributed by atoms with Crippen LogP contribution in [0.15, 0.2) is 24.3 Å². The van der Waals surface area contributed by atoms with E-state index in [1.807, 2.05) is 25.7 Å². The molecule has 2 amide bonds. The van der Waals surface area contributed by atoms with Gasteiger partial charge in [0.15, 0.2) is 0 Å². The van der Waals surface area contributed by atoms with Gasteiger partial charge in [0.05, 0.1) is 5.56 Å². The third kappa shape index (κ3) is 6.12. The van der Waals surface area contributed by atoms with Crippen LogP contribution in [0.25, 0.3) is 0 Å². The molecule has 1 aromatic rings. The highest BCUT2D eigenvalue weighted by Gasteiger charge is 2.36. The van der Waals surface area contributed by atoms with Crippen molar-refractivity contribution in [2.24, 2.45) is 23.5 Å². The minimum atomic E-state index is -4.36. The Hall–Kier alpha value is -2.25. The van der Waals surface area contributed by atoms with Gasteiger partial charge < -0.3 is 15.5 Å². The van der Waals surface area contributed by atoms with Crippen LogP contribution in [0.4, 0.5) is 18.9 Å². The highest BCUT2D eigenvalue weighted by molar-refractivity contribution is 5.87. The molecule has 0 unspecified atom stereocenters. The molecule has 2 atom stereocenters. The fourth-order valence-corrected chi connectivity index (χ4v) is 4.08. The fraction of sp³-hybridized carbons (Fsp3) is 0.636. The van der Waals surface area contributed by atoms with Gasteiger partial charge in [-0.15, -0.1) is 0 Å². The Balaban J connectivity index is 2.05. The molecular weight excluding hydrogens is 395 g/mol. The lowest BCUT2D eigenvalue weighted by molar-refractivity contribution is -0.142. The van der Waals surface area contributed by atoms with E-state index in [-0.39, 0.29) is 11.8 Å². The van der Waals surface area contributed by atoms with Gasteiger partial charge >= 0.3 is 6.18 Å². The first kappa shape index (κ1) is 24.0. The first-order valence-corrected chi connectivity index (χ1v) is 10.5. The first-order chi connectivity index (χ1) is 14.0. The maximum Gasteiger partial charge on any atom is 0.416 e. The molecule has 1 aliphatic heterocycles. The number of carbonyl (C=O) groups excluding carboxylic acids is 2. The van der Waals surface area contributed by atoms with Crippen molar-refractivity contribution in [3.8, 4) is 0 Å². The summed E-state index contributed by atoms with van der Waals surface area (Å²) < 4.78 is 38.3. The maximum absolute atomic E-state index is 13.2. The van der Waals surface area contributed by atoms with Gasteiger partial charge in [-0.3, -0.25) is 9.59 Å². The first-order valence-electron chi connectivity index (χ1n) is 10.5. The zero-order valence-corrected chi connectivity index (χ0v) is 17.9. The van der Waals surface area contributed by atoms with Gasteiger partial charge in [0.2, 0.25) is 11.8 Å². The van der Waals surface area contributed by atoms with Crippen LogP contribution in [0.2, 0.25) is 0 Å². The van der Waals surface area contributed by atoms with Crippen molar-refractivity contribution < 1.29 is 22.8 Å². The van der Waals surface area contributed by atoms with E-state index >= 15 is 0 Å². The molecule has 1 saturated heterocycles. The monoisotopic (exact) mass is 427 g/mol. The van der Waals surface area contributed by atoms with Crippen LogP contribution in [0.5, 0.6) is 0 Å². The average Bonchev–Trinajstić information content (AvgIpc) is 2.69. The van der Waals surface area contributed by atoms with E-state index < -0.39 is 29.5 Å². The van der Waals surface area contributed by atoms with Gasteiger partial charge in [-0.25, -0.2) is 0 Å². The molecule has 30 heavy (non-hydrogen) atoms. The average molecular weight is 428 g/mol. The number of alkyl halides is 3. The SMILES string of the molecule is CCC[C@H](C(N)=O)[C@@H](CC(C)C)C(=O)N1CCN(c2ccc(C(F)(F)F)cc2)CC1. The molecule has 0 spiro atoms. The quantitative estimate of drug-likeness (QED) is 0.684. The van der Waals surface area contributed by atoms with Crippen LogP contribution in [0.1, 0.15) is 45.6 Å². The van der Waals surface area contributed by atoms with E-state index in [0.717, 1.165) is 18.6 Å². The van der Waals surface area contributed by atoms with Gasteiger partial charge in [0, 0.05) is 43.7 Å². The van der Waals surface area contributed by atoms with Crippen molar-refractivity contribution >= 4 is 17.5 Å². The van der Waals surface area contributed by atoms with Crippen LogP contribution in [-0.2, 0) is 15.8 Å². The van der Waals surface area contributed by atoms with Gasteiger partial charge in [-0.05, 0) is 43.0 Å². The number of rotatable bonds is 8. The second kappa shape index (κ2) is 10.2. The van der Waals surface area contributed by atoms with Crippen LogP contribution < -0.4 is 10.6 Å². The van der Waals surface area contributed by atoms with Gasteiger partial charge in [-0.2, -0.15) is 13.2 Å².